The molecule has 17 aromatic carbocycles. The number of hydrogen-bond donors (Lipinski definition) is 0. The van der Waals surface area contributed by atoms with Crippen molar-refractivity contribution in [2.24, 2.45) is 0 Å². The first-order valence-corrected chi connectivity index (χ1v) is 31.2. The molecule has 0 spiro atoms. The molecule has 0 radical (unpaired) electrons. The van der Waals surface area contributed by atoms with Crippen LogP contribution in [0.4, 0.5) is 0 Å². The van der Waals surface area contributed by atoms with Crippen LogP contribution in [0.3, 0.4) is 0 Å². The van der Waals surface area contributed by atoms with Gasteiger partial charge in [0.25, 0.3) is 0 Å². The van der Waals surface area contributed by atoms with Gasteiger partial charge >= 0.3 is 0 Å². The van der Waals surface area contributed by atoms with E-state index in [-0.39, 0.29) is 0 Å². The van der Waals surface area contributed by atoms with E-state index in [0.717, 1.165) is 0 Å². The summed E-state index contributed by atoms with van der Waals surface area (Å²) >= 11 is 0. The molecule has 0 bridgehead atoms. The summed E-state index contributed by atoms with van der Waals surface area (Å²) in [5, 5.41) is 30.6. The Hall–Kier alpha value is -9.40. The van der Waals surface area contributed by atoms with E-state index >= 15 is 0 Å². The maximum atomic E-state index is 2.59. The first-order valence-electron chi connectivity index (χ1n) is 27.7. The number of hydrogen-bond acceptors (Lipinski definition) is 0. The molecule has 0 fully saturated rings. The molecule has 1 aliphatic carbocycles. The highest BCUT2D eigenvalue weighted by Crippen LogP contribution is 2.58. The average molecular weight is 1000 g/mol. The van der Waals surface area contributed by atoms with Gasteiger partial charge in [-0.25, -0.2) is 0 Å². The van der Waals surface area contributed by atoms with E-state index in [9.17, 15) is 0 Å². The topological polar surface area (TPSA) is 0 Å². The number of fused-ring (bicyclic) bond motifs is 13. The van der Waals surface area contributed by atoms with Gasteiger partial charge in [0.1, 0.15) is 0 Å². The molecule has 360 valence electrons. The predicted octanol–water partition coefficient (Wildman–Crippen LogP) is 21.5. The lowest BCUT2D eigenvalue weighted by Gasteiger charge is -2.22. The quantitative estimate of drug-likeness (QED) is 0.0916. The van der Waals surface area contributed by atoms with Gasteiger partial charge < -0.3 is 0 Å². The summed E-state index contributed by atoms with van der Waals surface area (Å²) in [7, 11) is -1.67. The van der Waals surface area contributed by atoms with Gasteiger partial charge in [-0.1, -0.05) is 237 Å². The zero-order valence-corrected chi connectivity index (χ0v) is 44.5. The SMILES string of the molecule is C[Si](C)(C)c1ccccc1-c1ccc2c3cc4c(-c5ccccc5-c5ccccc5)c5c6ccc7c8ccc9c%10c(ccc(c%11ccc(c5c(-c5ccccc5)c4cc3c3cccc1c32)c6c%117)c%108)-c1cc2ccccc2cc1-9. The van der Waals surface area contributed by atoms with E-state index in [2.05, 4.69) is 256 Å². The lowest BCUT2D eigenvalue weighted by molar-refractivity contribution is 1.61. The summed E-state index contributed by atoms with van der Waals surface area (Å²) in [4.78, 5) is 0. The standard InChI is InChI=1S/C77H48Si/c1-78(2,3)68-28-15-14-24-49(68)48-29-30-57-65-42-67-66(41-64(65)52-27-16-26-51(48)70(52)57)69(44-19-8-5-9-20-44)76-60-37-35-55-53-31-33-58-62-39-45-21-10-11-22-46(45)40-63(62)59-34-32-54(71(53)73(58)59)56-36-38-61(75(60)72(55)56)77(76)74(67)50-25-13-12-23-47(50)43-17-6-4-7-18-43/h4-42H,1-3H3. The van der Waals surface area contributed by atoms with Crippen LogP contribution in [-0.4, -0.2) is 8.07 Å². The molecule has 0 unspecified atom stereocenters. The number of benzene rings is 15. The Labute approximate surface area is 452 Å². The summed E-state index contributed by atoms with van der Waals surface area (Å²) in [5.74, 6) is 0. The molecule has 17 aromatic rings. The van der Waals surface area contributed by atoms with Crippen molar-refractivity contribution in [3.8, 4) is 66.8 Å². The maximum Gasteiger partial charge on any atom is 0.0784 e. The fraction of sp³-hybridized carbons (Fsp3) is 0.0390. The van der Waals surface area contributed by atoms with Crippen LogP contribution in [0.2, 0.25) is 19.6 Å². The van der Waals surface area contributed by atoms with Crippen LogP contribution in [-0.2, 0) is 0 Å². The van der Waals surface area contributed by atoms with E-state index in [1.54, 1.807) is 0 Å². The Kier molecular flexibility index (Phi) is 8.32. The van der Waals surface area contributed by atoms with Crippen molar-refractivity contribution in [1.29, 1.82) is 0 Å². The van der Waals surface area contributed by atoms with Gasteiger partial charge in [0.05, 0.1) is 8.07 Å². The Morgan fingerprint density at radius 3 is 1.27 bits per heavy atom. The first kappa shape index (κ1) is 42.8. The first-order chi connectivity index (χ1) is 38.4. The van der Waals surface area contributed by atoms with Crippen molar-refractivity contribution in [2.75, 3.05) is 0 Å². The summed E-state index contributed by atoms with van der Waals surface area (Å²) in [6.07, 6.45) is 0. The van der Waals surface area contributed by atoms with E-state index < -0.39 is 8.07 Å². The normalized spacial score (nSPS) is 12.8. The van der Waals surface area contributed by atoms with Gasteiger partial charge in [0.2, 0.25) is 0 Å². The van der Waals surface area contributed by atoms with Crippen molar-refractivity contribution in [2.45, 2.75) is 19.6 Å². The van der Waals surface area contributed by atoms with Crippen molar-refractivity contribution in [3.63, 3.8) is 0 Å². The van der Waals surface area contributed by atoms with Gasteiger partial charge in [-0.2, -0.15) is 0 Å². The van der Waals surface area contributed by atoms with E-state index in [1.807, 2.05) is 0 Å². The third-order valence-electron chi connectivity index (χ3n) is 18.3. The highest BCUT2D eigenvalue weighted by Gasteiger charge is 2.31. The molecule has 0 aromatic heterocycles. The zero-order valence-electron chi connectivity index (χ0n) is 43.5. The molecule has 0 N–H and O–H groups in total. The second-order valence-corrected chi connectivity index (χ2v) is 28.3. The van der Waals surface area contributed by atoms with E-state index in [4.69, 9.17) is 0 Å². The highest BCUT2D eigenvalue weighted by atomic mass is 28.3. The Morgan fingerprint density at radius 1 is 0.205 bits per heavy atom. The molecule has 18 rings (SSSR count). The fourth-order valence-electron chi connectivity index (χ4n) is 15.2. The molecular weight excluding hydrogens is 953 g/mol. The molecule has 0 saturated heterocycles. The second kappa shape index (κ2) is 15.2. The van der Waals surface area contributed by atoms with Crippen molar-refractivity contribution in [1.82, 2.24) is 0 Å². The minimum absolute atomic E-state index is 1.22. The molecular formula is C77H48Si. The predicted molar refractivity (Wildman–Crippen MR) is 342 cm³/mol. The average Bonchev–Trinajstić information content (AvgIpc) is 3.52. The minimum Gasteiger partial charge on any atom is -0.0656 e. The van der Waals surface area contributed by atoms with E-state index in [0.29, 0.717) is 0 Å². The van der Waals surface area contributed by atoms with Crippen LogP contribution in [0.15, 0.2) is 237 Å². The van der Waals surface area contributed by atoms with Crippen molar-refractivity contribution in [3.05, 3.63) is 237 Å². The third kappa shape index (κ3) is 5.48. The Bertz CT molecular complexity index is 5350. The second-order valence-electron chi connectivity index (χ2n) is 23.3. The van der Waals surface area contributed by atoms with Crippen LogP contribution in [0, 0.1) is 0 Å². The summed E-state index contributed by atoms with van der Waals surface area (Å²) < 4.78 is 0. The lowest BCUT2D eigenvalue weighted by atomic mass is 9.83. The lowest BCUT2D eigenvalue weighted by Crippen LogP contribution is -2.38. The van der Waals surface area contributed by atoms with Crippen LogP contribution in [0.1, 0.15) is 0 Å². The number of rotatable bonds is 5. The molecule has 78 heavy (non-hydrogen) atoms. The van der Waals surface area contributed by atoms with Crippen molar-refractivity contribution >= 4 is 132 Å². The molecule has 0 atom stereocenters. The van der Waals surface area contributed by atoms with Gasteiger partial charge in [0.15, 0.2) is 0 Å². The van der Waals surface area contributed by atoms with Crippen LogP contribution >= 0.6 is 0 Å². The van der Waals surface area contributed by atoms with Gasteiger partial charge in [-0.3, -0.25) is 0 Å². The molecule has 0 aliphatic heterocycles. The maximum absolute atomic E-state index is 2.59. The Balaban J connectivity index is 1.01. The minimum atomic E-state index is -1.67. The molecule has 0 amide bonds. The van der Waals surface area contributed by atoms with Gasteiger partial charge in [-0.05, 0) is 210 Å². The van der Waals surface area contributed by atoms with E-state index in [1.165, 1.54) is 190 Å². The summed E-state index contributed by atoms with van der Waals surface area (Å²) in [6.45, 7) is 7.41. The molecule has 1 heteroatoms. The highest BCUT2D eigenvalue weighted by molar-refractivity contribution is 6.89. The van der Waals surface area contributed by atoms with Gasteiger partial charge in [-0.15, -0.1) is 0 Å². The summed E-state index contributed by atoms with van der Waals surface area (Å²) in [6, 6.07) is 91.1. The Morgan fingerprint density at radius 2 is 0.641 bits per heavy atom. The molecule has 0 nitrogen and oxygen atoms in total. The zero-order chi connectivity index (χ0) is 51.3. The largest absolute Gasteiger partial charge is 0.0784 e. The van der Waals surface area contributed by atoms with Crippen LogP contribution in [0.25, 0.3) is 185 Å². The monoisotopic (exact) mass is 1000 g/mol. The van der Waals surface area contributed by atoms with Gasteiger partial charge in [0, 0.05) is 0 Å². The van der Waals surface area contributed by atoms with Crippen LogP contribution < -0.4 is 5.19 Å². The van der Waals surface area contributed by atoms with Crippen molar-refractivity contribution < 1.29 is 0 Å². The molecule has 1 aliphatic rings. The molecule has 0 saturated carbocycles. The van der Waals surface area contributed by atoms with Crippen LogP contribution in [0.5, 0.6) is 0 Å². The summed E-state index contributed by atoms with van der Waals surface area (Å²) in [5.41, 5.74) is 15.6. The fourth-order valence-corrected chi connectivity index (χ4v) is 16.8. The smallest absolute Gasteiger partial charge is 0.0656 e. The molecule has 0 heterocycles. The third-order valence-corrected chi connectivity index (χ3v) is 20.4.